The molecule has 0 saturated carbocycles. The number of rotatable bonds is 2. The topological polar surface area (TPSA) is 26.3 Å². The van der Waals surface area contributed by atoms with Crippen molar-refractivity contribution < 1.29 is 9.53 Å². The molecular weight excluding hydrogens is 276 g/mol. The van der Waals surface area contributed by atoms with E-state index in [-0.39, 0.29) is 11.9 Å². The van der Waals surface area contributed by atoms with Gasteiger partial charge in [-0.1, -0.05) is 15.9 Å². The van der Waals surface area contributed by atoms with Crippen LogP contribution in [0.2, 0.25) is 0 Å². The van der Waals surface area contributed by atoms with E-state index in [2.05, 4.69) is 15.9 Å². The predicted octanol–water partition coefficient (Wildman–Crippen LogP) is 3.11. The van der Waals surface area contributed by atoms with Gasteiger partial charge in [-0.25, -0.2) is 0 Å². The molecule has 1 saturated heterocycles. The first-order valence-corrected chi connectivity index (χ1v) is 6.75. The highest BCUT2D eigenvalue weighted by molar-refractivity contribution is 9.10. The van der Waals surface area contributed by atoms with Gasteiger partial charge in [-0.15, -0.1) is 0 Å². The smallest absolute Gasteiger partial charge is 0.315 e. The minimum atomic E-state index is -0.0951. The first-order chi connectivity index (χ1) is 7.25. The second-order valence-corrected chi connectivity index (χ2v) is 5.50. The molecule has 0 aliphatic carbocycles. The maximum absolute atomic E-state index is 11.7. The fourth-order valence-corrected chi connectivity index (χ4v) is 2.89. The maximum Gasteiger partial charge on any atom is 0.315 e. The fourth-order valence-electron chi connectivity index (χ4n) is 1.42. The zero-order valence-corrected chi connectivity index (χ0v) is 10.5. The third-order valence-electron chi connectivity index (χ3n) is 2.30. The Morgan fingerprint density at radius 1 is 1.40 bits per heavy atom. The van der Waals surface area contributed by atoms with Gasteiger partial charge in [0.1, 0.15) is 5.75 Å². The predicted molar refractivity (Wildman–Crippen MR) is 65.2 cm³/mol. The van der Waals surface area contributed by atoms with Crippen molar-refractivity contribution in [1.82, 2.24) is 0 Å². The highest BCUT2D eigenvalue weighted by atomic mass is 79.9. The molecule has 2 nitrogen and oxygen atoms in total. The second kappa shape index (κ2) is 5.03. The summed E-state index contributed by atoms with van der Waals surface area (Å²) in [5.41, 5.74) is 0. The summed E-state index contributed by atoms with van der Waals surface area (Å²) in [4.78, 5) is 11.7. The van der Waals surface area contributed by atoms with Crippen LogP contribution < -0.4 is 4.74 Å². The van der Waals surface area contributed by atoms with Gasteiger partial charge in [0.25, 0.3) is 0 Å². The lowest BCUT2D eigenvalue weighted by Gasteiger charge is -2.08. The average molecular weight is 287 g/mol. The minimum absolute atomic E-state index is 0.0821. The van der Waals surface area contributed by atoms with E-state index in [4.69, 9.17) is 4.74 Å². The maximum atomic E-state index is 11.7. The number of benzene rings is 1. The molecule has 1 heterocycles. The van der Waals surface area contributed by atoms with E-state index in [9.17, 15) is 4.79 Å². The fraction of sp³-hybridized carbons (Fsp3) is 0.364. The van der Waals surface area contributed by atoms with Crippen LogP contribution in [0.3, 0.4) is 0 Å². The molecule has 2 rings (SSSR count). The Morgan fingerprint density at radius 2 is 2.13 bits per heavy atom. The van der Waals surface area contributed by atoms with E-state index in [0.29, 0.717) is 5.75 Å². The van der Waals surface area contributed by atoms with Crippen molar-refractivity contribution in [3.05, 3.63) is 28.7 Å². The summed E-state index contributed by atoms with van der Waals surface area (Å²) >= 11 is 5.15. The van der Waals surface area contributed by atoms with Gasteiger partial charge in [-0.3, -0.25) is 4.79 Å². The molecule has 1 aliphatic rings. The normalized spacial score (nSPS) is 20.2. The van der Waals surface area contributed by atoms with Gasteiger partial charge in [-0.2, -0.15) is 11.8 Å². The molecule has 4 heteroatoms. The SMILES string of the molecule is O=C(Oc1ccc(Br)cc1)C1CCSC1. The van der Waals surface area contributed by atoms with Crippen molar-refractivity contribution in [2.45, 2.75) is 6.42 Å². The number of carbonyl (C=O) groups excluding carboxylic acids is 1. The summed E-state index contributed by atoms with van der Waals surface area (Å²) in [6.45, 7) is 0. The number of halogens is 1. The summed E-state index contributed by atoms with van der Waals surface area (Å²) in [6, 6.07) is 7.33. The van der Waals surface area contributed by atoms with E-state index in [1.54, 1.807) is 12.1 Å². The van der Waals surface area contributed by atoms with E-state index >= 15 is 0 Å². The number of thioether (sulfide) groups is 1. The minimum Gasteiger partial charge on any atom is -0.426 e. The molecular formula is C11H11BrO2S. The van der Waals surface area contributed by atoms with Gasteiger partial charge in [0.15, 0.2) is 0 Å². The molecule has 0 radical (unpaired) electrons. The number of hydrogen-bond acceptors (Lipinski definition) is 3. The molecule has 0 aromatic heterocycles. The van der Waals surface area contributed by atoms with Crippen LogP contribution in [0, 0.1) is 5.92 Å². The second-order valence-electron chi connectivity index (χ2n) is 3.44. The number of carbonyl (C=O) groups is 1. The van der Waals surface area contributed by atoms with Crippen LogP contribution in [0.25, 0.3) is 0 Å². The van der Waals surface area contributed by atoms with Gasteiger partial charge >= 0.3 is 5.97 Å². The average Bonchev–Trinajstić information content (AvgIpc) is 2.74. The molecule has 1 aromatic rings. The zero-order chi connectivity index (χ0) is 10.7. The van der Waals surface area contributed by atoms with E-state index in [1.807, 2.05) is 23.9 Å². The van der Waals surface area contributed by atoms with Gasteiger partial charge in [-0.05, 0) is 36.4 Å². The monoisotopic (exact) mass is 286 g/mol. The molecule has 15 heavy (non-hydrogen) atoms. The van der Waals surface area contributed by atoms with Gasteiger partial charge in [0, 0.05) is 10.2 Å². The highest BCUT2D eigenvalue weighted by Crippen LogP contribution is 2.25. The number of hydrogen-bond donors (Lipinski definition) is 0. The Kier molecular flexibility index (Phi) is 3.70. The third-order valence-corrected chi connectivity index (χ3v) is 3.99. The molecule has 1 unspecified atom stereocenters. The number of esters is 1. The van der Waals surface area contributed by atoms with E-state index in [1.165, 1.54) is 0 Å². The molecule has 0 amide bonds. The standard InChI is InChI=1S/C11H11BrO2S/c12-9-1-3-10(4-2-9)14-11(13)8-5-6-15-7-8/h1-4,8H,5-7H2. The molecule has 0 bridgehead atoms. The van der Waals surface area contributed by atoms with Gasteiger partial charge in [0.2, 0.25) is 0 Å². The lowest BCUT2D eigenvalue weighted by Crippen LogP contribution is -2.19. The molecule has 0 N–H and O–H groups in total. The summed E-state index contributed by atoms with van der Waals surface area (Å²) in [7, 11) is 0. The lowest BCUT2D eigenvalue weighted by molar-refractivity contribution is -0.138. The molecule has 1 fully saturated rings. The van der Waals surface area contributed by atoms with Crippen LogP contribution in [0.5, 0.6) is 5.75 Å². The van der Waals surface area contributed by atoms with E-state index in [0.717, 1.165) is 22.4 Å². The molecule has 0 spiro atoms. The van der Waals surface area contributed by atoms with Gasteiger partial charge < -0.3 is 4.74 Å². The Morgan fingerprint density at radius 3 is 2.73 bits per heavy atom. The largest absolute Gasteiger partial charge is 0.426 e. The van der Waals surface area contributed by atoms with Crippen molar-refractivity contribution in [1.29, 1.82) is 0 Å². The van der Waals surface area contributed by atoms with Crippen molar-refractivity contribution in [2.24, 2.45) is 5.92 Å². The quantitative estimate of drug-likeness (QED) is 0.617. The van der Waals surface area contributed by atoms with Crippen LogP contribution in [-0.4, -0.2) is 17.5 Å². The summed E-state index contributed by atoms with van der Waals surface area (Å²) < 4.78 is 6.27. The first kappa shape index (κ1) is 11.0. The number of ether oxygens (including phenoxy) is 1. The Hall–Kier alpha value is -0.480. The van der Waals surface area contributed by atoms with Crippen molar-refractivity contribution in [3.63, 3.8) is 0 Å². The molecule has 1 aromatic carbocycles. The summed E-state index contributed by atoms with van der Waals surface area (Å²) in [5.74, 6) is 2.58. The van der Waals surface area contributed by atoms with Crippen molar-refractivity contribution in [3.8, 4) is 5.75 Å². The van der Waals surface area contributed by atoms with Gasteiger partial charge in [0.05, 0.1) is 5.92 Å². The first-order valence-electron chi connectivity index (χ1n) is 4.81. The summed E-state index contributed by atoms with van der Waals surface area (Å²) in [6.07, 6.45) is 0.944. The van der Waals surface area contributed by atoms with Crippen LogP contribution in [0.1, 0.15) is 6.42 Å². The van der Waals surface area contributed by atoms with Crippen molar-refractivity contribution >= 4 is 33.7 Å². The lowest BCUT2D eigenvalue weighted by atomic mass is 10.1. The summed E-state index contributed by atoms with van der Waals surface area (Å²) in [5, 5.41) is 0. The van der Waals surface area contributed by atoms with Crippen molar-refractivity contribution in [2.75, 3.05) is 11.5 Å². The van der Waals surface area contributed by atoms with Crippen LogP contribution >= 0.6 is 27.7 Å². The third kappa shape index (κ3) is 2.98. The zero-order valence-electron chi connectivity index (χ0n) is 8.11. The highest BCUT2D eigenvalue weighted by Gasteiger charge is 2.24. The van der Waals surface area contributed by atoms with Crippen LogP contribution in [-0.2, 0) is 4.79 Å². The van der Waals surface area contributed by atoms with E-state index < -0.39 is 0 Å². The van der Waals surface area contributed by atoms with Crippen LogP contribution in [0.15, 0.2) is 28.7 Å². The molecule has 80 valence electrons. The molecule has 1 aliphatic heterocycles. The Labute approximate surface area is 102 Å². The Bertz CT molecular complexity index is 344. The van der Waals surface area contributed by atoms with Crippen LogP contribution in [0.4, 0.5) is 0 Å². The Balaban J connectivity index is 1.96. The molecule has 1 atom stereocenters.